The molecule has 0 radical (unpaired) electrons. The maximum absolute atomic E-state index is 11.6. The monoisotopic (exact) mass is 362 g/mol. The summed E-state index contributed by atoms with van der Waals surface area (Å²) in [5.74, 6) is -0.502. The summed E-state index contributed by atoms with van der Waals surface area (Å²) in [7, 11) is 0. The second-order valence-electron chi connectivity index (χ2n) is 4.14. The second-order valence-corrected chi connectivity index (χ2v) is 5.31. The zero-order valence-corrected chi connectivity index (χ0v) is 13.4. The molecule has 1 heterocycles. The second kappa shape index (κ2) is 6.51. The quantitative estimate of drug-likeness (QED) is 0.503. The lowest BCUT2D eigenvalue weighted by Crippen LogP contribution is -2.14. The SMILES string of the molecule is CCC(=O)Nc1c([N+](=O)[O-])cnn1-c1ccc(Cl)c(Cl)c1Cl. The molecule has 0 bridgehead atoms. The van der Waals surface area contributed by atoms with Crippen LogP contribution < -0.4 is 5.32 Å². The van der Waals surface area contributed by atoms with E-state index in [-0.39, 0.29) is 38.7 Å². The molecule has 2 rings (SSSR count). The summed E-state index contributed by atoms with van der Waals surface area (Å²) >= 11 is 17.9. The van der Waals surface area contributed by atoms with Crippen LogP contribution >= 0.6 is 34.8 Å². The number of hydrogen-bond donors (Lipinski definition) is 1. The molecule has 0 saturated carbocycles. The van der Waals surface area contributed by atoms with E-state index in [1.807, 2.05) is 0 Å². The van der Waals surface area contributed by atoms with Crippen molar-refractivity contribution in [3.63, 3.8) is 0 Å². The average Bonchev–Trinajstić information content (AvgIpc) is 2.88. The lowest BCUT2D eigenvalue weighted by molar-refractivity contribution is -0.384. The highest BCUT2D eigenvalue weighted by Gasteiger charge is 2.24. The third-order valence-electron chi connectivity index (χ3n) is 2.77. The molecule has 10 heteroatoms. The fourth-order valence-electron chi connectivity index (χ4n) is 1.67. The molecular weight excluding hydrogens is 355 g/mol. The van der Waals surface area contributed by atoms with E-state index in [1.165, 1.54) is 12.1 Å². The summed E-state index contributed by atoms with van der Waals surface area (Å²) < 4.78 is 1.14. The minimum Gasteiger partial charge on any atom is -0.305 e. The van der Waals surface area contributed by atoms with Gasteiger partial charge in [0.05, 0.1) is 25.7 Å². The number of carbonyl (C=O) groups is 1. The number of hydrogen-bond acceptors (Lipinski definition) is 4. The predicted molar refractivity (Wildman–Crippen MR) is 84.2 cm³/mol. The highest BCUT2D eigenvalue weighted by atomic mass is 35.5. The van der Waals surface area contributed by atoms with E-state index in [9.17, 15) is 14.9 Å². The summed E-state index contributed by atoms with van der Waals surface area (Å²) in [5, 5.41) is 17.8. The molecule has 7 nitrogen and oxygen atoms in total. The van der Waals surface area contributed by atoms with Crippen molar-refractivity contribution in [2.24, 2.45) is 0 Å². The number of rotatable bonds is 4. The Morgan fingerprint density at radius 3 is 2.64 bits per heavy atom. The van der Waals surface area contributed by atoms with E-state index in [1.54, 1.807) is 6.92 Å². The summed E-state index contributed by atoms with van der Waals surface area (Å²) in [5.41, 5.74) is -0.0977. The molecule has 0 fully saturated rings. The van der Waals surface area contributed by atoms with Crippen LogP contribution in [-0.2, 0) is 4.79 Å². The minimum absolute atomic E-state index is 0.0687. The van der Waals surface area contributed by atoms with Crippen molar-refractivity contribution in [3.8, 4) is 5.69 Å². The van der Waals surface area contributed by atoms with Crippen LogP contribution in [-0.4, -0.2) is 20.6 Å². The molecule has 1 aromatic heterocycles. The molecular formula is C12H9Cl3N4O3. The zero-order valence-electron chi connectivity index (χ0n) is 11.1. The van der Waals surface area contributed by atoms with Gasteiger partial charge < -0.3 is 5.32 Å². The van der Waals surface area contributed by atoms with Crippen LogP contribution in [0.25, 0.3) is 5.69 Å². The largest absolute Gasteiger partial charge is 0.331 e. The number of nitrogens with one attached hydrogen (secondary N) is 1. The number of benzene rings is 1. The van der Waals surface area contributed by atoms with Crippen molar-refractivity contribution in [1.82, 2.24) is 9.78 Å². The average molecular weight is 364 g/mol. The third-order valence-corrected chi connectivity index (χ3v) is 4.05. The molecule has 0 saturated heterocycles. The summed E-state index contributed by atoms with van der Waals surface area (Å²) in [4.78, 5) is 22.0. The smallest absolute Gasteiger partial charge is 0.305 e. The molecule has 0 aliphatic carbocycles. The van der Waals surface area contributed by atoms with Crippen LogP contribution in [0.1, 0.15) is 13.3 Å². The van der Waals surface area contributed by atoms with E-state index < -0.39 is 10.8 Å². The first-order valence-corrected chi connectivity index (χ1v) is 7.16. The fourth-order valence-corrected chi connectivity index (χ4v) is 2.28. The van der Waals surface area contributed by atoms with Gasteiger partial charge in [0.1, 0.15) is 6.20 Å². The van der Waals surface area contributed by atoms with Crippen molar-refractivity contribution >= 4 is 52.2 Å². The van der Waals surface area contributed by atoms with Crippen LogP contribution in [0.5, 0.6) is 0 Å². The molecule has 0 atom stereocenters. The predicted octanol–water partition coefficient (Wildman–Crippen LogP) is 4.09. The Kier molecular flexibility index (Phi) is 4.90. The first kappa shape index (κ1) is 16.5. The molecule has 1 amide bonds. The lowest BCUT2D eigenvalue weighted by Gasteiger charge is -2.11. The normalized spacial score (nSPS) is 10.5. The van der Waals surface area contributed by atoms with Gasteiger partial charge in [-0.05, 0) is 12.1 Å². The molecule has 2 aromatic rings. The number of nitro groups is 1. The van der Waals surface area contributed by atoms with E-state index in [0.29, 0.717) is 0 Å². The molecule has 0 aliphatic heterocycles. The topological polar surface area (TPSA) is 90.1 Å². The Morgan fingerprint density at radius 1 is 1.36 bits per heavy atom. The van der Waals surface area contributed by atoms with Gasteiger partial charge in [-0.25, -0.2) is 4.68 Å². The van der Waals surface area contributed by atoms with E-state index in [4.69, 9.17) is 34.8 Å². The molecule has 0 aliphatic rings. The Bertz CT molecular complexity index is 760. The Balaban J connectivity index is 2.63. The molecule has 0 spiro atoms. The van der Waals surface area contributed by atoms with Gasteiger partial charge >= 0.3 is 5.69 Å². The van der Waals surface area contributed by atoms with Crippen molar-refractivity contribution in [1.29, 1.82) is 0 Å². The third kappa shape index (κ3) is 3.01. The van der Waals surface area contributed by atoms with Crippen molar-refractivity contribution in [3.05, 3.63) is 43.5 Å². The van der Waals surface area contributed by atoms with E-state index >= 15 is 0 Å². The van der Waals surface area contributed by atoms with Crippen LogP contribution in [0.15, 0.2) is 18.3 Å². The maximum atomic E-state index is 11.6. The van der Waals surface area contributed by atoms with Gasteiger partial charge in [0.15, 0.2) is 0 Å². The fraction of sp³-hybridized carbons (Fsp3) is 0.167. The van der Waals surface area contributed by atoms with Crippen molar-refractivity contribution < 1.29 is 9.72 Å². The Hall–Kier alpha value is -1.83. The van der Waals surface area contributed by atoms with Gasteiger partial charge in [-0.2, -0.15) is 5.10 Å². The number of amides is 1. The summed E-state index contributed by atoms with van der Waals surface area (Å²) in [6.07, 6.45) is 1.17. The van der Waals surface area contributed by atoms with E-state index in [0.717, 1.165) is 10.9 Å². The lowest BCUT2D eigenvalue weighted by atomic mass is 10.3. The van der Waals surface area contributed by atoms with Crippen LogP contribution in [0.3, 0.4) is 0 Å². The molecule has 22 heavy (non-hydrogen) atoms. The summed E-state index contributed by atoms with van der Waals surface area (Å²) in [6, 6.07) is 2.97. The summed E-state index contributed by atoms with van der Waals surface area (Å²) in [6.45, 7) is 1.62. The number of anilines is 1. The van der Waals surface area contributed by atoms with Gasteiger partial charge in [-0.15, -0.1) is 0 Å². The van der Waals surface area contributed by atoms with Gasteiger partial charge in [0.25, 0.3) is 0 Å². The van der Waals surface area contributed by atoms with Crippen LogP contribution in [0, 0.1) is 10.1 Å². The molecule has 0 unspecified atom stereocenters. The van der Waals surface area contributed by atoms with Crippen molar-refractivity contribution in [2.75, 3.05) is 5.32 Å². The highest BCUT2D eigenvalue weighted by Crippen LogP contribution is 2.37. The molecule has 1 aromatic carbocycles. The van der Waals surface area contributed by atoms with Gasteiger partial charge in [-0.3, -0.25) is 14.9 Å². The maximum Gasteiger partial charge on any atom is 0.331 e. The first-order valence-electron chi connectivity index (χ1n) is 6.03. The van der Waals surface area contributed by atoms with Gasteiger partial charge in [0, 0.05) is 6.42 Å². The first-order chi connectivity index (χ1) is 10.4. The number of halogens is 3. The van der Waals surface area contributed by atoms with Crippen LogP contribution in [0.4, 0.5) is 11.5 Å². The Labute approximate surface area is 139 Å². The zero-order chi connectivity index (χ0) is 16.4. The van der Waals surface area contributed by atoms with E-state index in [2.05, 4.69) is 10.4 Å². The number of aromatic nitrogens is 2. The van der Waals surface area contributed by atoms with Crippen LogP contribution in [0.2, 0.25) is 15.1 Å². The Morgan fingerprint density at radius 2 is 2.05 bits per heavy atom. The van der Waals surface area contributed by atoms with Crippen molar-refractivity contribution in [2.45, 2.75) is 13.3 Å². The minimum atomic E-state index is -0.653. The standard InChI is InChI=1S/C12H9Cl3N4O3/c1-2-9(20)17-12-8(19(21)22)5-16-18(12)7-4-3-6(13)10(14)11(7)15/h3-5H,2H2,1H3,(H,17,20). The molecule has 1 N–H and O–H groups in total. The van der Waals surface area contributed by atoms with Gasteiger partial charge in [0.2, 0.25) is 11.7 Å². The number of nitrogens with zero attached hydrogens (tertiary/aromatic N) is 3. The molecule has 116 valence electrons. The number of carbonyl (C=O) groups excluding carboxylic acids is 1. The highest BCUT2D eigenvalue weighted by molar-refractivity contribution is 6.48. The van der Waals surface area contributed by atoms with Gasteiger partial charge in [-0.1, -0.05) is 41.7 Å².